The smallest absolute Gasteiger partial charge is 0.0905 e. The summed E-state index contributed by atoms with van der Waals surface area (Å²) in [5.74, 6) is 0. The highest BCUT2D eigenvalue weighted by Crippen LogP contribution is 1.92. The summed E-state index contributed by atoms with van der Waals surface area (Å²) >= 11 is 0. The summed E-state index contributed by atoms with van der Waals surface area (Å²) in [6.45, 7) is 8.65. The first-order valence-corrected chi connectivity index (χ1v) is 6.74. The molecule has 0 amide bonds. The second-order valence-corrected chi connectivity index (χ2v) is 4.24. The zero-order valence-electron chi connectivity index (χ0n) is 13.1. The van der Waals surface area contributed by atoms with Gasteiger partial charge < -0.3 is 5.11 Å². The van der Waals surface area contributed by atoms with Gasteiger partial charge in [-0.3, -0.25) is 0 Å². The van der Waals surface area contributed by atoms with Gasteiger partial charge in [0.15, 0.2) is 0 Å². The molecule has 2 rings (SSSR count). The summed E-state index contributed by atoms with van der Waals surface area (Å²) in [6, 6.07) is 24.0. The quantitative estimate of drug-likeness (QED) is 0.708. The predicted octanol–water partition coefficient (Wildman–Crippen LogP) is 4.76. The third-order valence-electron chi connectivity index (χ3n) is 1.70. The van der Waals surface area contributed by atoms with Crippen LogP contribution in [0.2, 0.25) is 0 Å². The van der Waals surface area contributed by atoms with Crippen LogP contribution in [-0.2, 0) is 0 Å². The largest absolute Gasteiger partial charge is 0.394 e. The molecular weight excluding hydrogens is 258 g/mol. The molecule has 1 N–H and O–H groups in total. The van der Waals surface area contributed by atoms with Crippen molar-refractivity contribution in [1.82, 2.24) is 0 Å². The van der Waals surface area contributed by atoms with Gasteiger partial charge in [0.05, 0.1) is 6.07 Å². The van der Waals surface area contributed by atoms with Crippen molar-refractivity contribution in [3.05, 3.63) is 84.9 Å². The number of aliphatic hydroxyl groups excluding tert-OH is 1. The summed E-state index contributed by atoms with van der Waals surface area (Å²) < 4.78 is 0. The Hall–Kier alpha value is -2.37. The molecule has 0 atom stereocenters. The maximum absolute atomic E-state index is 8.06. The van der Waals surface area contributed by atoms with Gasteiger partial charge in [0.1, 0.15) is 0 Å². The average Bonchev–Trinajstić information content (AvgIpc) is 2.50. The minimum Gasteiger partial charge on any atom is -0.394 e. The van der Waals surface area contributed by atoms with E-state index in [-0.39, 0.29) is 6.10 Å². The molecule has 0 saturated carbocycles. The van der Waals surface area contributed by atoms with Crippen LogP contribution in [0.1, 0.15) is 19.4 Å². The molecule has 0 bridgehead atoms. The first-order valence-electron chi connectivity index (χ1n) is 6.74. The second-order valence-electron chi connectivity index (χ2n) is 4.24. The number of nitriles is 1. The van der Waals surface area contributed by atoms with Crippen molar-refractivity contribution in [3.63, 3.8) is 0 Å². The first kappa shape index (κ1) is 20.9. The van der Waals surface area contributed by atoms with Gasteiger partial charge in [0, 0.05) is 12.2 Å². The highest BCUT2D eigenvalue weighted by atomic mass is 16.3. The van der Waals surface area contributed by atoms with E-state index in [0.29, 0.717) is 0 Å². The van der Waals surface area contributed by atoms with Crippen LogP contribution in [-0.4, -0.2) is 11.2 Å². The van der Waals surface area contributed by atoms with Gasteiger partial charge >= 0.3 is 0 Å². The Kier molecular flexibility index (Phi) is 17.6. The lowest BCUT2D eigenvalue weighted by atomic mass is 10.2. The molecule has 0 unspecified atom stereocenters. The molecule has 0 radical (unpaired) electrons. The number of benzene rings is 2. The molecule has 2 aromatic carbocycles. The maximum atomic E-state index is 8.06. The van der Waals surface area contributed by atoms with E-state index in [2.05, 4.69) is 25.6 Å². The fraction of sp³-hybridized carbons (Fsp3) is 0.211. The minimum absolute atomic E-state index is 0.167. The zero-order valence-corrected chi connectivity index (χ0v) is 13.1. The van der Waals surface area contributed by atoms with Crippen molar-refractivity contribution >= 4 is 0 Å². The van der Waals surface area contributed by atoms with Gasteiger partial charge in [0.2, 0.25) is 0 Å². The van der Waals surface area contributed by atoms with Crippen LogP contribution in [0.4, 0.5) is 0 Å². The fourth-order valence-corrected chi connectivity index (χ4v) is 0.919. The predicted molar refractivity (Wildman–Crippen MR) is 90.8 cm³/mol. The number of hydrogen-bond acceptors (Lipinski definition) is 2. The van der Waals surface area contributed by atoms with E-state index in [9.17, 15) is 0 Å². The average molecular weight is 283 g/mol. The Labute approximate surface area is 129 Å². The normalized spacial score (nSPS) is 7.62. The Balaban J connectivity index is 0. The molecule has 0 aliphatic heterocycles. The van der Waals surface area contributed by atoms with Crippen molar-refractivity contribution in [2.45, 2.75) is 26.9 Å². The lowest BCUT2D eigenvalue weighted by Crippen LogP contribution is -1.85. The standard InChI is InChI=1S/C7H8.C6H6.C3H3N.C3H8O/c1-7-5-3-2-4-6-7;1-2-4-6-5-3-1;1-2-3-4;1-3(2)4/h2-6H,1H3;1-6H;2H,1H2;3-4H,1-2H3. The highest BCUT2D eigenvalue weighted by Gasteiger charge is 1.72. The topological polar surface area (TPSA) is 44.0 Å². The van der Waals surface area contributed by atoms with E-state index in [1.807, 2.05) is 54.6 Å². The van der Waals surface area contributed by atoms with E-state index in [1.165, 1.54) is 11.6 Å². The van der Waals surface area contributed by atoms with Crippen molar-refractivity contribution in [3.8, 4) is 6.07 Å². The molecule has 21 heavy (non-hydrogen) atoms. The van der Waals surface area contributed by atoms with Crippen LogP contribution in [0, 0.1) is 18.3 Å². The number of allylic oxidation sites excluding steroid dienone is 1. The van der Waals surface area contributed by atoms with E-state index in [1.54, 1.807) is 19.9 Å². The molecule has 2 aromatic rings. The maximum Gasteiger partial charge on any atom is 0.0905 e. The Bertz CT molecular complexity index is 428. The van der Waals surface area contributed by atoms with Gasteiger partial charge in [-0.1, -0.05) is 78.9 Å². The Morgan fingerprint density at radius 2 is 1.19 bits per heavy atom. The second kappa shape index (κ2) is 17.6. The minimum atomic E-state index is -0.167. The Morgan fingerprint density at radius 1 is 0.952 bits per heavy atom. The number of aryl methyl sites for hydroxylation is 1. The molecule has 0 aliphatic carbocycles. The zero-order chi connectivity index (χ0) is 16.3. The third kappa shape index (κ3) is 27.0. The first-order chi connectivity index (χ1) is 10.0. The molecule has 2 heteroatoms. The summed E-state index contributed by atoms with van der Waals surface area (Å²) in [6.07, 6.45) is 1.01. The van der Waals surface area contributed by atoms with Gasteiger partial charge in [-0.2, -0.15) is 5.26 Å². The molecule has 0 heterocycles. The molecule has 0 fully saturated rings. The molecule has 0 saturated heterocycles. The number of aliphatic hydroxyl groups is 1. The van der Waals surface area contributed by atoms with E-state index in [4.69, 9.17) is 10.4 Å². The van der Waals surface area contributed by atoms with Crippen molar-refractivity contribution in [1.29, 1.82) is 5.26 Å². The SMILES string of the molecule is C=CC#N.CC(C)O.Cc1ccccc1.c1ccccc1. The molecule has 112 valence electrons. The molecule has 2 nitrogen and oxygen atoms in total. The van der Waals surface area contributed by atoms with E-state index >= 15 is 0 Å². The molecule has 0 aromatic heterocycles. The fourth-order valence-electron chi connectivity index (χ4n) is 0.919. The van der Waals surface area contributed by atoms with Gasteiger partial charge in [-0.15, -0.1) is 0 Å². The van der Waals surface area contributed by atoms with Crippen molar-refractivity contribution in [2.75, 3.05) is 0 Å². The van der Waals surface area contributed by atoms with Crippen LogP contribution in [0.5, 0.6) is 0 Å². The summed E-state index contributed by atoms with van der Waals surface area (Å²) in [5.41, 5.74) is 1.32. The van der Waals surface area contributed by atoms with Gasteiger partial charge in [-0.05, 0) is 20.8 Å². The van der Waals surface area contributed by atoms with E-state index < -0.39 is 0 Å². The van der Waals surface area contributed by atoms with Crippen LogP contribution in [0.25, 0.3) is 0 Å². The summed E-state index contributed by atoms with van der Waals surface area (Å²) in [7, 11) is 0. The van der Waals surface area contributed by atoms with Crippen molar-refractivity contribution in [2.24, 2.45) is 0 Å². The lowest BCUT2D eigenvalue weighted by Gasteiger charge is -1.82. The van der Waals surface area contributed by atoms with Crippen molar-refractivity contribution < 1.29 is 5.11 Å². The molecule has 0 spiro atoms. The number of rotatable bonds is 0. The van der Waals surface area contributed by atoms with Crippen LogP contribution < -0.4 is 0 Å². The monoisotopic (exact) mass is 283 g/mol. The van der Waals surface area contributed by atoms with Gasteiger partial charge in [-0.25, -0.2) is 0 Å². The van der Waals surface area contributed by atoms with Crippen LogP contribution in [0.15, 0.2) is 79.4 Å². The highest BCUT2D eigenvalue weighted by molar-refractivity contribution is 5.11. The van der Waals surface area contributed by atoms with Crippen LogP contribution in [0.3, 0.4) is 0 Å². The Morgan fingerprint density at radius 3 is 1.33 bits per heavy atom. The summed E-state index contributed by atoms with van der Waals surface area (Å²) in [5, 5.41) is 15.6. The lowest BCUT2D eigenvalue weighted by molar-refractivity contribution is 0.216. The summed E-state index contributed by atoms with van der Waals surface area (Å²) in [4.78, 5) is 0. The van der Waals surface area contributed by atoms with Crippen LogP contribution >= 0.6 is 0 Å². The third-order valence-corrected chi connectivity index (χ3v) is 1.70. The van der Waals surface area contributed by atoms with Gasteiger partial charge in [0.25, 0.3) is 0 Å². The number of nitrogens with zero attached hydrogens (tertiary/aromatic N) is 1. The molecule has 0 aliphatic rings. The number of hydrogen-bond donors (Lipinski definition) is 1. The molecular formula is C19H25NO. The van der Waals surface area contributed by atoms with E-state index in [0.717, 1.165) is 0 Å².